The Kier molecular flexibility index (Phi) is 5.09. The van der Waals surface area contributed by atoms with Crippen molar-refractivity contribution in [2.24, 2.45) is 0 Å². The molecule has 138 valence electrons. The van der Waals surface area contributed by atoms with E-state index in [1.807, 2.05) is 42.5 Å². The van der Waals surface area contributed by atoms with Gasteiger partial charge in [-0.3, -0.25) is 4.79 Å². The van der Waals surface area contributed by atoms with Crippen LogP contribution in [0.15, 0.2) is 46.9 Å². The van der Waals surface area contributed by atoms with Crippen LogP contribution in [0.2, 0.25) is 0 Å². The summed E-state index contributed by atoms with van der Waals surface area (Å²) in [5.41, 5.74) is 2.61. The molecule has 8 heteroatoms. The number of thiazole rings is 1. The number of rotatable bonds is 3. The summed E-state index contributed by atoms with van der Waals surface area (Å²) in [4.78, 5) is 28.5. The van der Waals surface area contributed by atoms with Crippen molar-refractivity contribution in [3.63, 3.8) is 0 Å². The second kappa shape index (κ2) is 7.66. The summed E-state index contributed by atoms with van der Waals surface area (Å²) in [7, 11) is 0. The van der Waals surface area contributed by atoms with E-state index in [0.717, 1.165) is 31.7 Å². The second-order valence-electron chi connectivity index (χ2n) is 6.29. The molecule has 1 unspecified atom stereocenters. The van der Waals surface area contributed by atoms with Gasteiger partial charge in [0.2, 0.25) is 5.91 Å². The molecule has 1 aliphatic rings. The summed E-state index contributed by atoms with van der Waals surface area (Å²) in [6, 6.07) is 12.7. The van der Waals surface area contributed by atoms with Crippen molar-refractivity contribution >= 4 is 55.1 Å². The first-order valence-corrected chi connectivity index (χ1v) is 10.2. The number of anilines is 1. The van der Waals surface area contributed by atoms with Crippen LogP contribution in [0.1, 0.15) is 12.8 Å². The Morgan fingerprint density at radius 3 is 2.81 bits per heavy atom. The van der Waals surface area contributed by atoms with E-state index in [4.69, 9.17) is 0 Å². The molecular weight excluding hydrogens is 428 g/mol. The van der Waals surface area contributed by atoms with Crippen molar-refractivity contribution in [2.75, 3.05) is 11.9 Å². The molecule has 1 fully saturated rings. The Morgan fingerprint density at radius 1 is 1.22 bits per heavy atom. The SMILES string of the molecule is O=C(Nc1ccc(-c2nc3cc(Br)ccc3s2)cc1)NC1CCCNC1=O. The van der Waals surface area contributed by atoms with E-state index < -0.39 is 6.04 Å². The van der Waals surface area contributed by atoms with Crippen LogP contribution < -0.4 is 16.0 Å². The molecule has 1 atom stereocenters. The Hall–Kier alpha value is -2.45. The average molecular weight is 445 g/mol. The lowest BCUT2D eigenvalue weighted by molar-refractivity contribution is -0.124. The number of aromatic nitrogens is 1. The molecule has 27 heavy (non-hydrogen) atoms. The van der Waals surface area contributed by atoms with Gasteiger partial charge in [-0.2, -0.15) is 0 Å². The molecule has 4 rings (SSSR count). The van der Waals surface area contributed by atoms with Gasteiger partial charge in [0, 0.05) is 22.3 Å². The maximum atomic E-state index is 12.1. The third kappa shape index (κ3) is 4.12. The van der Waals surface area contributed by atoms with E-state index in [-0.39, 0.29) is 11.9 Å². The minimum atomic E-state index is -0.472. The molecule has 3 aromatic rings. The van der Waals surface area contributed by atoms with E-state index >= 15 is 0 Å². The fourth-order valence-electron chi connectivity index (χ4n) is 2.96. The highest BCUT2D eigenvalue weighted by atomic mass is 79.9. The van der Waals surface area contributed by atoms with Gasteiger partial charge in [0.25, 0.3) is 0 Å². The first-order chi connectivity index (χ1) is 13.1. The maximum Gasteiger partial charge on any atom is 0.319 e. The van der Waals surface area contributed by atoms with Crippen molar-refractivity contribution in [1.29, 1.82) is 0 Å². The fourth-order valence-corrected chi connectivity index (χ4v) is 4.26. The minimum absolute atomic E-state index is 0.130. The maximum absolute atomic E-state index is 12.1. The molecule has 1 aliphatic heterocycles. The number of carbonyl (C=O) groups is 2. The van der Waals surface area contributed by atoms with Crippen LogP contribution in [-0.2, 0) is 4.79 Å². The highest BCUT2D eigenvalue weighted by Gasteiger charge is 2.23. The monoisotopic (exact) mass is 444 g/mol. The number of amides is 3. The Labute approximate surface area is 168 Å². The molecule has 0 radical (unpaired) electrons. The van der Waals surface area contributed by atoms with Crippen LogP contribution in [-0.4, -0.2) is 29.5 Å². The van der Waals surface area contributed by atoms with Gasteiger partial charge in [-0.1, -0.05) is 15.9 Å². The van der Waals surface area contributed by atoms with Crippen molar-refractivity contribution in [2.45, 2.75) is 18.9 Å². The summed E-state index contributed by atoms with van der Waals surface area (Å²) in [5, 5.41) is 9.16. The smallest absolute Gasteiger partial charge is 0.319 e. The lowest BCUT2D eigenvalue weighted by atomic mass is 10.1. The third-order valence-electron chi connectivity index (χ3n) is 4.33. The van der Waals surface area contributed by atoms with Gasteiger partial charge in [-0.25, -0.2) is 9.78 Å². The molecule has 1 aromatic heterocycles. The van der Waals surface area contributed by atoms with E-state index in [1.165, 1.54) is 0 Å². The lowest BCUT2D eigenvalue weighted by Crippen LogP contribution is -2.51. The van der Waals surface area contributed by atoms with Crippen LogP contribution in [0.3, 0.4) is 0 Å². The first-order valence-electron chi connectivity index (χ1n) is 8.60. The summed E-state index contributed by atoms with van der Waals surface area (Å²) in [6.45, 7) is 0.669. The number of hydrogen-bond donors (Lipinski definition) is 3. The van der Waals surface area contributed by atoms with Crippen molar-refractivity contribution < 1.29 is 9.59 Å². The first kappa shape index (κ1) is 17.9. The molecule has 3 N–H and O–H groups in total. The number of hydrogen-bond acceptors (Lipinski definition) is 4. The molecule has 1 saturated heterocycles. The van der Waals surface area contributed by atoms with E-state index in [0.29, 0.717) is 18.7 Å². The van der Waals surface area contributed by atoms with Crippen LogP contribution in [0.25, 0.3) is 20.8 Å². The molecular formula is C19H17BrN4O2S. The van der Waals surface area contributed by atoms with E-state index in [2.05, 4.69) is 36.9 Å². The zero-order valence-electron chi connectivity index (χ0n) is 14.3. The zero-order valence-corrected chi connectivity index (χ0v) is 16.7. The summed E-state index contributed by atoms with van der Waals surface area (Å²) < 4.78 is 2.13. The number of nitrogens with zero attached hydrogens (tertiary/aromatic N) is 1. The second-order valence-corrected chi connectivity index (χ2v) is 8.24. The largest absolute Gasteiger partial charge is 0.354 e. The highest BCUT2D eigenvalue weighted by molar-refractivity contribution is 9.10. The minimum Gasteiger partial charge on any atom is -0.354 e. The standard InChI is InChI=1S/C19H17BrN4O2S/c20-12-5-8-16-15(10-12)23-18(27-16)11-3-6-13(7-4-11)22-19(26)24-14-2-1-9-21-17(14)25/h3-8,10,14H,1-2,9H2,(H,21,25)(H2,22,24,26). The Balaban J connectivity index is 1.43. The van der Waals surface area contributed by atoms with Crippen LogP contribution in [0.4, 0.5) is 10.5 Å². The summed E-state index contributed by atoms with van der Waals surface area (Å²) in [6.07, 6.45) is 1.52. The lowest BCUT2D eigenvalue weighted by Gasteiger charge is -2.22. The normalized spacial score (nSPS) is 16.8. The molecule has 2 heterocycles. The van der Waals surface area contributed by atoms with Crippen LogP contribution in [0, 0.1) is 0 Å². The number of nitrogens with one attached hydrogen (secondary N) is 3. The number of benzene rings is 2. The molecule has 0 saturated carbocycles. The summed E-state index contributed by atoms with van der Waals surface area (Å²) >= 11 is 5.09. The number of fused-ring (bicyclic) bond motifs is 1. The van der Waals surface area contributed by atoms with Crippen LogP contribution >= 0.6 is 27.3 Å². The van der Waals surface area contributed by atoms with Gasteiger partial charge in [0.1, 0.15) is 11.0 Å². The quantitative estimate of drug-likeness (QED) is 0.567. The molecule has 2 aromatic carbocycles. The van der Waals surface area contributed by atoms with Gasteiger partial charge >= 0.3 is 6.03 Å². The molecule has 0 aliphatic carbocycles. The van der Waals surface area contributed by atoms with Crippen LogP contribution in [0.5, 0.6) is 0 Å². The average Bonchev–Trinajstić information content (AvgIpc) is 3.07. The van der Waals surface area contributed by atoms with Gasteiger partial charge in [-0.05, 0) is 55.3 Å². The number of carbonyl (C=O) groups excluding carboxylic acids is 2. The van der Waals surface area contributed by atoms with E-state index in [1.54, 1.807) is 11.3 Å². The Morgan fingerprint density at radius 2 is 2.04 bits per heavy atom. The predicted octanol–water partition coefficient (Wildman–Crippen LogP) is 4.13. The number of urea groups is 1. The van der Waals surface area contributed by atoms with Crippen molar-refractivity contribution in [3.05, 3.63) is 46.9 Å². The molecule has 3 amide bonds. The van der Waals surface area contributed by atoms with Gasteiger partial charge in [0.05, 0.1) is 10.2 Å². The highest BCUT2D eigenvalue weighted by Crippen LogP contribution is 2.32. The van der Waals surface area contributed by atoms with Crippen molar-refractivity contribution in [3.8, 4) is 10.6 Å². The Bertz CT molecular complexity index is 1000. The summed E-state index contributed by atoms with van der Waals surface area (Å²) in [5.74, 6) is -0.130. The van der Waals surface area contributed by atoms with Crippen molar-refractivity contribution in [1.82, 2.24) is 15.6 Å². The van der Waals surface area contributed by atoms with Gasteiger partial charge in [-0.15, -0.1) is 11.3 Å². The third-order valence-corrected chi connectivity index (χ3v) is 5.91. The zero-order chi connectivity index (χ0) is 18.8. The number of halogens is 1. The predicted molar refractivity (Wildman–Crippen MR) is 111 cm³/mol. The number of piperidine rings is 1. The molecule has 6 nitrogen and oxygen atoms in total. The molecule has 0 bridgehead atoms. The molecule has 0 spiro atoms. The van der Waals surface area contributed by atoms with Gasteiger partial charge < -0.3 is 16.0 Å². The van der Waals surface area contributed by atoms with Gasteiger partial charge in [0.15, 0.2) is 0 Å². The topological polar surface area (TPSA) is 83.1 Å². The van der Waals surface area contributed by atoms with E-state index in [9.17, 15) is 9.59 Å². The fraction of sp³-hybridized carbons (Fsp3) is 0.211.